The van der Waals surface area contributed by atoms with E-state index < -0.39 is 74.8 Å². The standard InChI is InChI=1S/C39H51N9O15/c49-28-10-11-29(50)43(28)19-7-1-4-16-40-34(55)61-25-22-46-37(58)47(23-26-62-35(56)41-17-5-2-8-20-44-30(51)12-13-31(44)52)39(60)48(38(46)59)24-27-63-36(57)42-18-6-3-9-21-45-32(53)14-15-33(45)54/h10-15H,1-9,16-27H2,(H,40,55)(H,41,56)(H,42,57). The first-order valence-corrected chi connectivity index (χ1v) is 20.6. The molecule has 0 radical (unpaired) electrons. The van der Waals surface area contributed by atoms with Crippen molar-refractivity contribution < 1.29 is 57.4 Å². The van der Waals surface area contributed by atoms with E-state index in [-0.39, 0.29) is 74.7 Å². The largest absolute Gasteiger partial charge is 0.448 e. The van der Waals surface area contributed by atoms with Gasteiger partial charge in [-0.2, -0.15) is 0 Å². The van der Waals surface area contributed by atoms with Crippen LogP contribution in [0.4, 0.5) is 14.4 Å². The third kappa shape index (κ3) is 15.1. The van der Waals surface area contributed by atoms with E-state index in [1.165, 1.54) is 36.5 Å². The second-order valence-corrected chi connectivity index (χ2v) is 14.2. The zero-order valence-corrected chi connectivity index (χ0v) is 34.6. The van der Waals surface area contributed by atoms with Crippen LogP contribution >= 0.6 is 0 Å². The zero-order chi connectivity index (χ0) is 45.7. The van der Waals surface area contributed by atoms with Crippen LogP contribution in [0.1, 0.15) is 57.8 Å². The number of amides is 9. The van der Waals surface area contributed by atoms with Crippen LogP contribution in [0, 0.1) is 0 Å². The highest BCUT2D eigenvalue weighted by molar-refractivity contribution is 6.14. The molecule has 342 valence electrons. The molecule has 1 aromatic heterocycles. The third-order valence-corrected chi connectivity index (χ3v) is 9.71. The lowest BCUT2D eigenvalue weighted by molar-refractivity contribution is -0.138. The van der Waals surface area contributed by atoms with Crippen molar-refractivity contribution in [2.75, 3.05) is 59.1 Å². The molecule has 0 fully saturated rings. The van der Waals surface area contributed by atoms with E-state index in [0.29, 0.717) is 71.5 Å². The fourth-order valence-electron chi connectivity index (χ4n) is 6.34. The summed E-state index contributed by atoms with van der Waals surface area (Å²) in [7, 11) is 0. The maximum Gasteiger partial charge on any atom is 0.407 e. The topological polar surface area (TPSA) is 293 Å². The van der Waals surface area contributed by atoms with E-state index in [4.69, 9.17) is 14.2 Å². The number of hydrogen-bond acceptors (Lipinski definition) is 15. The molecule has 0 spiro atoms. The highest BCUT2D eigenvalue weighted by Crippen LogP contribution is 2.08. The van der Waals surface area contributed by atoms with Crippen LogP contribution in [0.3, 0.4) is 0 Å². The first kappa shape index (κ1) is 48.5. The molecule has 0 atom stereocenters. The Hall–Kier alpha value is -7.14. The summed E-state index contributed by atoms with van der Waals surface area (Å²) in [6.45, 7) is -1.53. The van der Waals surface area contributed by atoms with Crippen molar-refractivity contribution in [3.63, 3.8) is 0 Å². The summed E-state index contributed by atoms with van der Waals surface area (Å²) in [5.74, 6) is -2.28. The SMILES string of the molecule is O=C(NCCCCCN1C(=O)C=CC1=O)OCCn1c(=O)n(CCOC(=O)NCCCCCN2C(=O)C=CC2=O)c(=O)n(CCOC(=O)NCCCCCN2C(=O)C=CC2=O)c1=O. The Morgan fingerprint density at radius 2 is 0.587 bits per heavy atom. The molecule has 3 aliphatic rings. The summed E-state index contributed by atoms with van der Waals surface area (Å²) in [5.41, 5.74) is -3.26. The summed E-state index contributed by atoms with van der Waals surface area (Å²) >= 11 is 0. The number of aromatic nitrogens is 3. The van der Waals surface area contributed by atoms with Crippen LogP contribution in [0.15, 0.2) is 50.8 Å². The van der Waals surface area contributed by atoms with E-state index in [2.05, 4.69) is 16.0 Å². The van der Waals surface area contributed by atoms with Crippen LogP contribution in [-0.4, -0.2) is 141 Å². The van der Waals surface area contributed by atoms with Crippen LogP contribution in [0.25, 0.3) is 0 Å². The number of carbonyl (C=O) groups is 9. The Kier molecular flexibility index (Phi) is 19.2. The van der Waals surface area contributed by atoms with Gasteiger partial charge >= 0.3 is 35.3 Å². The molecule has 24 heteroatoms. The van der Waals surface area contributed by atoms with Crippen LogP contribution in [-0.2, 0) is 62.6 Å². The van der Waals surface area contributed by atoms with E-state index in [1.807, 2.05) is 0 Å². The Bertz CT molecular complexity index is 1850. The van der Waals surface area contributed by atoms with Crippen molar-refractivity contribution in [2.45, 2.75) is 77.4 Å². The van der Waals surface area contributed by atoms with Crippen molar-refractivity contribution in [1.29, 1.82) is 0 Å². The first-order chi connectivity index (χ1) is 30.3. The van der Waals surface area contributed by atoms with Crippen LogP contribution in [0.5, 0.6) is 0 Å². The normalized spacial score (nSPS) is 14.4. The van der Waals surface area contributed by atoms with Gasteiger partial charge in [-0.25, -0.2) is 42.5 Å². The highest BCUT2D eigenvalue weighted by atomic mass is 16.6. The van der Waals surface area contributed by atoms with Crippen molar-refractivity contribution in [3.8, 4) is 0 Å². The number of hydrogen-bond donors (Lipinski definition) is 3. The van der Waals surface area contributed by atoms with Gasteiger partial charge in [0.05, 0.1) is 19.6 Å². The van der Waals surface area contributed by atoms with Gasteiger partial charge in [-0.05, 0) is 57.8 Å². The summed E-state index contributed by atoms with van der Waals surface area (Å²) in [5, 5.41) is 7.55. The average molecular weight is 886 g/mol. The molecule has 9 amide bonds. The third-order valence-electron chi connectivity index (χ3n) is 9.71. The molecule has 63 heavy (non-hydrogen) atoms. The molecule has 1 aromatic rings. The summed E-state index contributed by atoms with van der Waals surface area (Å²) in [4.78, 5) is 150. The predicted molar refractivity (Wildman–Crippen MR) is 216 cm³/mol. The van der Waals surface area contributed by atoms with Gasteiger partial charge in [0.2, 0.25) is 0 Å². The van der Waals surface area contributed by atoms with Crippen molar-refractivity contribution in [1.82, 2.24) is 44.4 Å². The lowest BCUT2D eigenvalue weighted by Crippen LogP contribution is -2.55. The van der Waals surface area contributed by atoms with Gasteiger partial charge in [0.15, 0.2) is 0 Å². The lowest BCUT2D eigenvalue weighted by Gasteiger charge is -2.15. The zero-order valence-electron chi connectivity index (χ0n) is 34.6. The fourth-order valence-corrected chi connectivity index (χ4v) is 6.34. The molecule has 3 aliphatic heterocycles. The van der Waals surface area contributed by atoms with E-state index >= 15 is 0 Å². The monoisotopic (exact) mass is 885 g/mol. The predicted octanol–water partition coefficient (Wildman–Crippen LogP) is -1.36. The molecular formula is C39H51N9O15. The van der Waals surface area contributed by atoms with E-state index in [1.54, 1.807) is 0 Å². The molecule has 4 rings (SSSR count). The second kappa shape index (κ2) is 25.0. The van der Waals surface area contributed by atoms with Crippen LogP contribution < -0.4 is 33.0 Å². The summed E-state index contributed by atoms with van der Waals surface area (Å²) < 4.78 is 17.3. The van der Waals surface area contributed by atoms with Gasteiger partial charge < -0.3 is 30.2 Å². The Morgan fingerprint density at radius 3 is 0.825 bits per heavy atom. The number of rotatable bonds is 27. The minimum absolute atomic E-state index is 0.194. The number of nitrogens with one attached hydrogen (secondary N) is 3. The quantitative estimate of drug-likeness (QED) is 0.0522. The van der Waals surface area contributed by atoms with Crippen molar-refractivity contribution in [3.05, 3.63) is 67.9 Å². The maximum absolute atomic E-state index is 13.4. The molecule has 0 saturated carbocycles. The number of unbranched alkanes of at least 4 members (excludes halogenated alkanes) is 6. The van der Waals surface area contributed by atoms with Crippen LogP contribution in [0.2, 0.25) is 0 Å². The van der Waals surface area contributed by atoms with Gasteiger partial charge in [0.25, 0.3) is 35.4 Å². The minimum Gasteiger partial charge on any atom is -0.448 e. The molecule has 24 nitrogen and oxygen atoms in total. The van der Waals surface area contributed by atoms with E-state index in [9.17, 15) is 57.5 Å². The maximum atomic E-state index is 13.4. The molecular weight excluding hydrogens is 834 g/mol. The molecule has 0 aliphatic carbocycles. The van der Waals surface area contributed by atoms with Gasteiger partial charge in [0.1, 0.15) is 19.8 Å². The molecule has 0 aromatic carbocycles. The smallest absolute Gasteiger partial charge is 0.407 e. The van der Waals surface area contributed by atoms with Gasteiger partial charge in [-0.1, -0.05) is 0 Å². The Balaban J connectivity index is 1.24. The van der Waals surface area contributed by atoms with Crippen molar-refractivity contribution >= 4 is 53.7 Å². The first-order valence-electron chi connectivity index (χ1n) is 20.6. The minimum atomic E-state index is -1.09. The molecule has 0 bridgehead atoms. The highest BCUT2D eigenvalue weighted by Gasteiger charge is 2.24. The number of imide groups is 3. The van der Waals surface area contributed by atoms with Crippen molar-refractivity contribution in [2.24, 2.45) is 0 Å². The summed E-state index contributed by atoms with van der Waals surface area (Å²) in [6.07, 6.45) is 9.43. The second-order valence-electron chi connectivity index (χ2n) is 14.2. The number of carbonyl (C=O) groups excluding carboxylic acids is 9. The summed E-state index contributed by atoms with van der Waals surface area (Å²) in [6, 6.07) is 0. The molecule has 0 unspecified atom stereocenters. The van der Waals surface area contributed by atoms with E-state index in [0.717, 1.165) is 14.7 Å². The van der Waals surface area contributed by atoms with Gasteiger partial charge in [0, 0.05) is 75.7 Å². The molecule has 4 heterocycles. The Labute approximate surface area is 359 Å². The molecule has 3 N–H and O–H groups in total. The average Bonchev–Trinajstić information content (AvgIpc) is 3.88. The molecule has 0 saturated heterocycles. The van der Waals surface area contributed by atoms with Gasteiger partial charge in [-0.3, -0.25) is 43.5 Å². The van der Waals surface area contributed by atoms with Gasteiger partial charge in [-0.15, -0.1) is 0 Å². The number of nitrogens with zero attached hydrogens (tertiary/aromatic N) is 6. The lowest BCUT2D eigenvalue weighted by atomic mass is 10.2. The number of alkyl carbamates (subject to hydrolysis) is 3. The fraction of sp³-hybridized carbons (Fsp3) is 0.538. The Morgan fingerprint density at radius 1 is 0.349 bits per heavy atom. The number of ether oxygens (including phenoxy) is 3.